The summed E-state index contributed by atoms with van der Waals surface area (Å²) >= 11 is 10.5. The number of rotatable bonds is 8. The van der Waals surface area contributed by atoms with Gasteiger partial charge in [0.1, 0.15) is 4.90 Å². The minimum Gasteiger partial charge on any atom is -0.207 e. The normalized spacial score (nSPS) is 12.6. The summed E-state index contributed by atoms with van der Waals surface area (Å²) in [4.78, 5) is 1.19. The van der Waals surface area contributed by atoms with Gasteiger partial charge in [-0.3, -0.25) is 0 Å². The van der Waals surface area contributed by atoms with Gasteiger partial charge in [0.15, 0.2) is 0 Å². The summed E-state index contributed by atoms with van der Waals surface area (Å²) in [5, 5.41) is 0. The molecular formula is C13H21BrClNO2S2. The molecule has 1 heterocycles. The molecule has 7 heteroatoms. The van der Waals surface area contributed by atoms with Gasteiger partial charge in [-0.1, -0.05) is 19.8 Å². The smallest absolute Gasteiger partial charge is 0.207 e. The number of nitrogens with zero attached hydrogens (tertiary/aromatic N) is 1. The lowest BCUT2D eigenvalue weighted by atomic mass is 10.2. The predicted octanol–water partition coefficient (Wildman–Crippen LogP) is 4.84. The predicted molar refractivity (Wildman–Crippen MR) is 90.1 cm³/mol. The van der Waals surface area contributed by atoms with Crippen molar-refractivity contribution in [2.24, 2.45) is 0 Å². The molecule has 1 rings (SSSR count). The third-order valence-corrected chi connectivity index (χ3v) is 7.76. The van der Waals surface area contributed by atoms with E-state index in [-0.39, 0.29) is 6.04 Å². The second-order valence-electron chi connectivity index (χ2n) is 4.90. The summed E-state index contributed by atoms with van der Waals surface area (Å²) in [5.41, 5.74) is 0. The van der Waals surface area contributed by atoms with Crippen molar-refractivity contribution in [2.45, 2.75) is 56.9 Å². The SMILES string of the molecule is CCCCCN(C(C)C)S(=O)(=O)c1cc(CCl)sc1Br. The third-order valence-electron chi connectivity index (χ3n) is 2.98. The van der Waals surface area contributed by atoms with Crippen molar-refractivity contribution in [2.75, 3.05) is 6.54 Å². The summed E-state index contributed by atoms with van der Waals surface area (Å²) in [5.74, 6) is 0.330. The zero-order chi connectivity index (χ0) is 15.3. The average molecular weight is 403 g/mol. The van der Waals surface area contributed by atoms with E-state index >= 15 is 0 Å². The second kappa shape index (κ2) is 8.13. The zero-order valence-corrected chi connectivity index (χ0v) is 16.0. The molecule has 0 N–H and O–H groups in total. The molecule has 0 bridgehead atoms. The van der Waals surface area contributed by atoms with Crippen molar-refractivity contribution < 1.29 is 8.42 Å². The van der Waals surface area contributed by atoms with Gasteiger partial charge in [0.2, 0.25) is 10.0 Å². The summed E-state index contributed by atoms with van der Waals surface area (Å²) in [6, 6.07) is 1.62. The van der Waals surface area contributed by atoms with E-state index < -0.39 is 10.0 Å². The molecule has 0 saturated heterocycles. The Bertz CT molecular complexity index is 528. The Morgan fingerprint density at radius 1 is 1.40 bits per heavy atom. The molecule has 20 heavy (non-hydrogen) atoms. The van der Waals surface area contributed by atoms with E-state index in [4.69, 9.17) is 11.6 Å². The Hall–Kier alpha value is 0.380. The van der Waals surface area contributed by atoms with Crippen molar-refractivity contribution in [3.8, 4) is 0 Å². The topological polar surface area (TPSA) is 37.4 Å². The Kier molecular flexibility index (Phi) is 7.49. The minimum absolute atomic E-state index is 0.0527. The van der Waals surface area contributed by atoms with E-state index in [1.807, 2.05) is 13.8 Å². The highest BCUT2D eigenvalue weighted by Gasteiger charge is 2.29. The number of halogens is 2. The van der Waals surface area contributed by atoms with Gasteiger partial charge in [0, 0.05) is 17.5 Å². The van der Waals surface area contributed by atoms with E-state index in [2.05, 4.69) is 22.9 Å². The quantitative estimate of drug-likeness (QED) is 0.461. The Labute approximate surface area is 139 Å². The average Bonchev–Trinajstić information content (AvgIpc) is 2.76. The maximum Gasteiger partial charge on any atom is 0.245 e. The fourth-order valence-electron chi connectivity index (χ4n) is 1.94. The van der Waals surface area contributed by atoms with Crippen molar-refractivity contribution in [3.63, 3.8) is 0 Å². The van der Waals surface area contributed by atoms with Gasteiger partial charge in [-0.05, 0) is 42.3 Å². The largest absolute Gasteiger partial charge is 0.245 e. The number of hydrogen-bond donors (Lipinski definition) is 0. The first-order valence-corrected chi connectivity index (χ1v) is 10.3. The van der Waals surface area contributed by atoms with Crippen LogP contribution in [-0.4, -0.2) is 25.3 Å². The first-order chi connectivity index (χ1) is 9.34. The van der Waals surface area contributed by atoms with Crippen LogP contribution in [0.25, 0.3) is 0 Å². The number of alkyl halides is 1. The molecule has 0 saturated carbocycles. The van der Waals surface area contributed by atoms with Crippen LogP contribution in [-0.2, 0) is 15.9 Å². The third kappa shape index (κ3) is 4.44. The van der Waals surface area contributed by atoms with Crippen molar-refractivity contribution in [3.05, 3.63) is 14.7 Å². The molecule has 1 aromatic rings. The molecule has 3 nitrogen and oxygen atoms in total. The number of hydrogen-bond acceptors (Lipinski definition) is 3. The molecule has 0 aromatic carbocycles. The van der Waals surface area contributed by atoms with Crippen LogP contribution in [0.1, 0.15) is 44.9 Å². The Balaban J connectivity index is 3.06. The van der Waals surface area contributed by atoms with E-state index in [0.29, 0.717) is 21.1 Å². The molecule has 0 aliphatic carbocycles. The van der Waals surface area contributed by atoms with Crippen LogP contribution in [0, 0.1) is 0 Å². The van der Waals surface area contributed by atoms with Crippen LogP contribution < -0.4 is 0 Å². The van der Waals surface area contributed by atoms with Gasteiger partial charge in [-0.25, -0.2) is 8.42 Å². The number of sulfonamides is 1. The fourth-order valence-corrected chi connectivity index (χ4v) is 6.34. The lowest BCUT2D eigenvalue weighted by Crippen LogP contribution is -2.37. The van der Waals surface area contributed by atoms with Gasteiger partial charge in [0.25, 0.3) is 0 Å². The first kappa shape index (κ1) is 18.4. The summed E-state index contributed by atoms with van der Waals surface area (Å²) in [7, 11) is -3.46. The summed E-state index contributed by atoms with van der Waals surface area (Å²) < 4.78 is 27.8. The van der Waals surface area contributed by atoms with Gasteiger partial charge in [0.05, 0.1) is 9.67 Å². The lowest BCUT2D eigenvalue weighted by molar-refractivity contribution is 0.345. The molecule has 0 aliphatic rings. The molecule has 0 atom stereocenters. The van der Waals surface area contributed by atoms with Crippen LogP contribution >= 0.6 is 38.9 Å². The van der Waals surface area contributed by atoms with E-state index in [0.717, 1.165) is 24.1 Å². The van der Waals surface area contributed by atoms with Gasteiger partial charge in [-0.2, -0.15) is 4.31 Å². The molecule has 116 valence electrons. The molecule has 0 radical (unpaired) electrons. The van der Waals surface area contributed by atoms with Gasteiger partial charge >= 0.3 is 0 Å². The highest BCUT2D eigenvalue weighted by atomic mass is 79.9. The van der Waals surface area contributed by atoms with Crippen molar-refractivity contribution >= 4 is 48.9 Å². The maximum absolute atomic E-state index is 12.8. The Morgan fingerprint density at radius 2 is 2.05 bits per heavy atom. The molecule has 1 aromatic heterocycles. The Morgan fingerprint density at radius 3 is 2.50 bits per heavy atom. The first-order valence-electron chi connectivity index (χ1n) is 6.70. The van der Waals surface area contributed by atoms with Crippen LogP contribution in [0.4, 0.5) is 0 Å². The van der Waals surface area contributed by atoms with Gasteiger partial charge in [-0.15, -0.1) is 22.9 Å². The van der Waals surface area contributed by atoms with Crippen LogP contribution in [0.15, 0.2) is 14.7 Å². The standard InChI is InChI=1S/C13H21BrClNO2S2/c1-4-5-6-7-16(10(2)3)20(17,18)12-8-11(9-15)19-13(12)14/h8,10H,4-7,9H2,1-3H3. The molecule has 0 spiro atoms. The van der Waals surface area contributed by atoms with Gasteiger partial charge < -0.3 is 0 Å². The van der Waals surface area contributed by atoms with Crippen molar-refractivity contribution in [1.82, 2.24) is 4.31 Å². The van der Waals surface area contributed by atoms with Crippen molar-refractivity contribution in [1.29, 1.82) is 0 Å². The zero-order valence-electron chi connectivity index (χ0n) is 12.0. The molecule has 0 amide bonds. The van der Waals surface area contributed by atoms with Crippen LogP contribution in [0.2, 0.25) is 0 Å². The fraction of sp³-hybridized carbons (Fsp3) is 0.692. The highest BCUT2D eigenvalue weighted by molar-refractivity contribution is 9.11. The molecule has 0 unspecified atom stereocenters. The van der Waals surface area contributed by atoms with Crippen LogP contribution in [0.3, 0.4) is 0 Å². The molecule has 0 fully saturated rings. The summed E-state index contributed by atoms with van der Waals surface area (Å²) in [6.45, 7) is 6.49. The van der Waals surface area contributed by atoms with E-state index in [1.165, 1.54) is 11.3 Å². The minimum atomic E-state index is -3.46. The number of unbranched alkanes of at least 4 members (excludes halogenated alkanes) is 2. The molecular weight excluding hydrogens is 382 g/mol. The second-order valence-corrected chi connectivity index (χ2v) is 9.48. The maximum atomic E-state index is 12.8. The van der Waals surface area contributed by atoms with E-state index in [9.17, 15) is 8.42 Å². The number of thiophene rings is 1. The summed E-state index contributed by atoms with van der Waals surface area (Å²) in [6.07, 6.45) is 3.00. The monoisotopic (exact) mass is 401 g/mol. The van der Waals surface area contributed by atoms with E-state index in [1.54, 1.807) is 10.4 Å². The highest BCUT2D eigenvalue weighted by Crippen LogP contribution is 2.34. The lowest BCUT2D eigenvalue weighted by Gasteiger charge is -2.25. The molecule has 0 aliphatic heterocycles. The van der Waals surface area contributed by atoms with Crippen LogP contribution in [0.5, 0.6) is 0 Å².